The number of amides is 1. The Morgan fingerprint density at radius 2 is 1.77 bits per heavy atom. The lowest BCUT2D eigenvalue weighted by Crippen LogP contribution is -2.30. The maximum absolute atomic E-state index is 11.8. The monoisotopic (exact) mass is 410 g/mol. The lowest BCUT2D eigenvalue weighted by molar-refractivity contribution is -0.124. The van der Waals surface area contributed by atoms with Crippen molar-refractivity contribution in [1.29, 1.82) is 0 Å². The molecule has 30 heavy (non-hydrogen) atoms. The van der Waals surface area contributed by atoms with Gasteiger partial charge in [0, 0.05) is 13.1 Å². The molecule has 0 saturated carbocycles. The second kappa shape index (κ2) is 12.0. The molecular formula is C24H30N2O4. The number of nitrogens with zero attached hydrogens (tertiary/aromatic N) is 1. The Kier molecular flexibility index (Phi) is 8.72. The lowest BCUT2D eigenvalue weighted by atomic mass is 10.1. The van der Waals surface area contributed by atoms with E-state index in [0.29, 0.717) is 25.1 Å². The summed E-state index contributed by atoms with van der Waals surface area (Å²) in [6, 6.07) is 16.8. The molecule has 1 N–H and O–H groups in total. The predicted molar refractivity (Wildman–Crippen MR) is 115 cm³/mol. The van der Waals surface area contributed by atoms with Crippen LogP contribution in [0, 0.1) is 0 Å². The highest BCUT2D eigenvalue weighted by Crippen LogP contribution is 2.17. The Bertz CT molecular complexity index is 804. The van der Waals surface area contributed by atoms with E-state index in [2.05, 4.69) is 22.3 Å². The average Bonchev–Trinajstić information content (AvgIpc) is 2.79. The predicted octanol–water partition coefficient (Wildman–Crippen LogP) is 3.41. The third-order valence-corrected chi connectivity index (χ3v) is 5.01. The number of carbonyl (C=O) groups is 2. The van der Waals surface area contributed by atoms with E-state index in [0.717, 1.165) is 12.3 Å². The molecule has 1 heterocycles. The minimum Gasteiger partial charge on any atom is -0.494 e. The molecule has 2 aromatic carbocycles. The number of carbonyl (C=O) groups excluding carboxylic acids is 2. The Labute approximate surface area is 178 Å². The van der Waals surface area contributed by atoms with Crippen molar-refractivity contribution in [2.24, 2.45) is 0 Å². The topological polar surface area (TPSA) is 67.9 Å². The molecule has 1 amide bonds. The zero-order chi connectivity index (χ0) is 21.0. The third kappa shape index (κ3) is 7.52. The first-order valence-corrected chi connectivity index (χ1v) is 10.6. The molecule has 160 valence electrons. The van der Waals surface area contributed by atoms with Crippen LogP contribution in [0.5, 0.6) is 5.75 Å². The standard InChI is InChI=1S/C24H30N2O4/c27-23(19-30-24(28)21-10-3-1-4-11-21)25-13-8-16-29-22-12-7-9-20(17-22)18-26-14-5-2-6-15-26/h1,3-4,7,9-12,17H,2,5-6,8,13-16,18-19H2,(H,25,27). The van der Waals surface area contributed by atoms with Crippen molar-refractivity contribution in [3.63, 3.8) is 0 Å². The van der Waals surface area contributed by atoms with Gasteiger partial charge < -0.3 is 14.8 Å². The van der Waals surface area contributed by atoms with Crippen LogP contribution in [0.1, 0.15) is 41.6 Å². The summed E-state index contributed by atoms with van der Waals surface area (Å²) in [4.78, 5) is 26.1. The van der Waals surface area contributed by atoms with Crippen LogP contribution in [0.3, 0.4) is 0 Å². The van der Waals surface area contributed by atoms with Crippen LogP contribution < -0.4 is 10.1 Å². The molecular weight excluding hydrogens is 380 g/mol. The normalized spacial score (nSPS) is 14.1. The maximum atomic E-state index is 11.8. The number of piperidine rings is 1. The molecule has 1 aliphatic heterocycles. The van der Waals surface area contributed by atoms with Gasteiger partial charge in [-0.1, -0.05) is 36.8 Å². The summed E-state index contributed by atoms with van der Waals surface area (Å²) in [5.74, 6) is 0.0361. The van der Waals surface area contributed by atoms with Gasteiger partial charge in [-0.2, -0.15) is 0 Å². The van der Waals surface area contributed by atoms with Crippen LogP contribution in [0.4, 0.5) is 0 Å². The summed E-state index contributed by atoms with van der Waals surface area (Å²) in [5, 5.41) is 2.74. The van der Waals surface area contributed by atoms with E-state index in [9.17, 15) is 9.59 Å². The first kappa shape index (κ1) is 21.8. The van der Waals surface area contributed by atoms with E-state index in [1.165, 1.54) is 37.9 Å². The number of hydrogen-bond acceptors (Lipinski definition) is 5. The van der Waals surface area contributed by atoms with Crippen LogP contribution in [0.25, 0.3) is 0 Å². The second-order valence-electron chi connectivity index (χ2n) is 7.48. The van der Waals surface area contributed by atoms with Gasteiger partial charge in [-0.05, 0) is 62.2 Å². The molecule has 2 aromatic rings. The van der Waals surface area contributed by atoms with Gasteiger partial charge in [-0.15, -0.1) is 0 Å². The zero-order valence-corrected chi connectivity index (χ0v) is 17.3. The van der Waals surface area contributed by atoms with Crippen LogP contribution in [-0.2, 0) is 16.1 Å². The van der Waals surface area contributed by atoms with E-state index < -0.39 is 5.97 Å². The SMILES string of the molecule is O=C(COC(=O)c1ccccc1)NCCCOc1cccc(CN2CCCCC2)c1. The molecule has 0 aromatic heterocycles. The average molecular weight is 411 g/mol. The van der Waals surface area contributed by atoms with Gasteiger partial charge in [-0.25, -0.2) is 4.79 Å². The Morgan fingerprint density at radius 3 is 2.57 bits per heavy atom. The third-order valence-electron chi connectivity index (χ3n) is 5.01. The minimum absolute atomic E-state index is 0.285. The van der Waals surface area contributed by atoms with Gasteiger partial charge in [0.1, 0.15) is 5.75 Å². The zero-order valence-electron chi connectivity index (χ0n) is 17.3. The van der Waals surface area contributed by atoms with Crippen molar-refractivity contribution in [3.8, 4) is 5.75 Å². The quantitative estimate of drug-likeness (QED) is 0.480. The largest absolute Gasteiger partial charge is 0.494 e. The smallest absolute Gasteiger partial charge is 0.338 e. The summed E-state index contributed by atoms with van der Waals surface area (Å²) in [7, 11) is 0. The Hall–Kier alpha value is -2.86. The highest BCUT2D eigenvalue weighted by molar-refractivity contribution is 5.91. The van der Waals surface area contributed by atoms with Gasteiger partial charge in [0.05, 0.1) is 12.2 Å². The van der Waals surface area contributed by atoms with Crippen molar-refractivity contribution in [1.82, 2.24) is 10.2 Å². The first-order chi connectivity index (χ1) is 14.7. The molecule has 0 radical (unpaired) electrons. The van der Waals surface area contributed by atoms with E-state index >= 15 is 0 Å². The first-order valence-electron chi connectivity index (χ1n) is 10.6. The molecule has 6 heteroatoms. The van der Waals surface area contributed by atoms with E-state index in [1.54, 1.807) is 24.3 Å². The van der Waals surface area contributed by atoms with Crippen molar-refractivity contribution in [3.05, 3.63) is 65.7 Å². The fraction of sp³-hybridized carbons (Fsp3) is 0.417. The molecule has 0 unspecified atom stereocenters. The van der Waals surface area contributed by atoms with Gasteiger partial charge in [-0.3, -0.25) is 9.69 Å². The molecule has 0 atom stereocenters. The van der Waals surface area contributed by atoms with Crippen molar-refractivity contribution in [2.45, 2.75) is 32.2 Å². The molecule has 0 bridgehead atoms. The lowest BCUT2D eigenvalue weighted by Gasteiger charge is -2.26. The number of benzene rings is 2. The van der Waals surface area contributed by atoms with Gasteiger partial charge in [0.25, 0.3) is 5.91 Å². The van der Waals surface area contributed by atoms with Crippen LogP contribution in [0.2, 0.25) is 0 Å². The summed E-state index contributed by atoms with van der Waals surface area (Å²) in [6.45, 7) is 4.01. The fourth-order valence-electron chi connectivity index (χ4n) is 3.44. The van der Waals surface area contributed by atoms with Crippen LogP contribution in [-0.4, -0.2) is 49.6 Å². The van der Waals surface area contributed by atoms with E-state index in [-0.39, 0.29) is 12.5 Å². The molecule has 1 aliphatic rings. The van der Waals surface area contributed by atoms with E-state index in [4.69, 9.17) is 9.47 Å². The summed E-state index contributed by atoms with van der Waals surface area (Å²) < 4.78 is 10.8. The van der Waals surface area contributed by atoms with E-state index in [1.807, 2.05) is 18.2 Å². The number of ether oxygens (including phenoxy) is 2. The number of esters is 1. The Balaban J connectivity index is 1.29. The molecule has 6 nitrogen and oxygen atoms in total. The van der Waals surface area contributed by atoms with Crippen molar-refractivity contribution >= 4 is 11.9 Å². The van der Waals surface area contributed by atoms with Gasteiger partial charge in [0.2, 0.25) is 0 Å². The summed E-state index contributed by atoms with van der Waals surface area (Å²) in [6.07, 6.45) is 4.58. The Morgan fingerprint density at radius 1 is 0.967 bits per heavy atom. The van der Waals surface area contributed by atoms with Gasteiger partial charge >= 0.3 is 5.97 Å². The second-order valence-corrected chi connectivity index (χ2v) is 7.48. The highest BCUT2D eigenvalue weighted by Gasteiger charge is 2.11. The molecule has 1 saturated heterocycles. The van der Waals surface area contributed by atoms with Crippen LogP contribution >= 0.6 is 0 Å². The maximum Gasteiger partial charge on any atom is 0.338 e. The highest BCUT2D eigenvalue weighted by atomic mass is 16.5. The summed E-state index contributed by atoms with van der Waals surface area (Å²) >= 11 is 0. The molecule has 0 spiro atoms. The van der Waals surface area contributed by atoms with Gasteiger partial charge in [0.15, 0.2) is 6.61 Å². The van der Waals surface area contributed by atoms with Crippen LogP contribution in [0.15, 0.2) is 54.6 Å². The number of likely N-dealkylation sites (tertiary alicyclic amines) is 1. The number of hydrogen-bond donors (Lipinski definition) is 1. The molecule has 3 rings (SSSR count). The van der Waals surface area contributed by atoms with Crippen molar-refractivity contribution < 1.29 is 19.1 Å². The fourth-order valence-corrected chi connectivity index (χ4v) is 3.44. The minimum atomic E-state index is -0.501. The molecule has 0 aliphatic carbocycles. The summed E-state index contributed by atoms with van der Waals surface area (Å²) in [5.41, 5.74) is 1.70. The molecule has 1 fully saturated rings. The number of rotatable bonds is 10. The number of nitrogens with one attached hydrogen (secondary N) is 1. The van der Waals surface area contributed by atoms with Crippen molar-refractivity contribution in [2.75, 3.05) is 32.8 Å².